The molecule has 2 aromatic rings. The van der Waals surface area contributed by atoms with Crippen LogP contribution in [-0.2, 0) is 13.0 Å². The summed E-state index contributed by atoms with van der Waals surface area (Å²) < 4.78 is 5.13. The molecule has 1 atom stereocenters. The Bertz CT molecular complexity index is 720. The molecule has 7 nitrogen and oxygen atoms in total. The number of rotatable bonds is 8. The molecule has 1 saturated heterocycles. The van der Waals surface area contributed by atoms with Gasteiger partial charge in [0.2, 0.25) is 5.89 Å². The first-order chi connectivity index (χ1) is 13.2. The number of guanidine groups is 1. The fourth-order valence-corrected chi connectivity index (χ4v) is 3.48. The van der Waals surface area contributed by atoms with Gasteiger partial charge in [0.05, 0.1) is 0 Å². The van der Waals surface area contributed by atoms with Gasteiger partial charge in [0, 0.05) is 39.1 Å². The van der Waals surface area contributed by atoms with Crippen LogP contribution in [0.1, 0.15) is 36.5 Å². The molecule has 0 aliphatic carbocycles. The molecule has 2 heterocycles. The minimum Gasteiger partial charge on any atom is -0.356 e. The molecule has 1 aromatic heterocycles. The highest BCUT2D eigenvalue weighted by atomic mass is 127. The zero-order valence-electron chi connectivity index (χ0n) is 16.7. The summed E-state index contributed by atoms with van der Waals surface area (Å²) in [6, 6.07) is 11.2. The summed E-state index contributed by atoms with van der Waals surface area (Å²) in [4.78, 5) is 11.1. The molecule has 1 aliphatic rings. The SMILES string of the molecule is CN=C(NCCCc1nc(C)no1)NCC1CCCN1Cc1ccccc1.I. The fourth-order valence-electron chi connectivity index (χ4n) is 3.48. The van der Waals surface area contributed by atoms with E-state index >= 15 is 0 Å². The predicted octanol–water partition coefficient (Wildman–Crippen LogP) is 2.76. The lowest BCUT2D eigenvalue weighted by molar-refractivity contribution is 0.245. The van der Waals surface area contributed by atoms with Crippen molar-refractivity contribution in [3.8, 4) is 0 Å². The Morgan fingerprint density at radius 3 is 2.82 bits per heavy atom. The summed E-state index contributed by atoms with van der Waals surface area (Å²) >= 11 is 0. The molecule has 154 valence electrons. The number of likely N-dealkylation sites (tertiary alicyclic amines) is 1. The van der Waals surface area contributed by atoms with Crippen molar-refractivity contribution in [3.63, 3.8) is 0 Å². The summed E-state index contributed by atoms with van der Waals surface area (Å²) in [5.74, 6) is 2.23. The Balaban J connectivity index is 0.00000280. The normalized spacial score (nSPS) is 17.4. The summed E-state index contributed by atoms with van der Waals surface area (Å²) in [5.41, 5.74) is 1.38. The maximum Gasteiger partial charge on any atom is 0.226 e. The molecule has 0 radical (unpaired) electrons. The van der Waals surface area contributed by atoms with Crippen LogP contribution in [0.3, 0.4) is 0 Å². The van der Waals surface area contributed by atoms with Crippen LogP contribution in [0.2, 0.25) is 0 Å². The summed E-state index contributed by atoms with van der Waals surface area (Å²) in [6.07, 6.45) is 4.19. The molecule has 3 rings (SSSR count). The van der Waals surface area contributed by atoms with Crippen LogP contribution in [0.5, 0.6) is 0 Å². The Hall–Kier alpha value is -1.68. The van der Waals surface area contributed by atoms with E-state index in [1.54, 1.807) is 0 Å². The summed E-state index contributed by atoms with van der Waals surface area (Å²) in [7, 11) is 1.81. The maximum absolute atomic E-state index is 5.13. The molecule has 2 N–H and O–H groups in total. The van der Waals surface area contributed by atoms with Crippen molar-refractivity contribution < 1.29 is 4.52 Å². The van der Waals surface area contributed by atoms with Gasteiger partial charge >= 0.3 is 0 Å². The van der Waals surface area contributed by atoms with Gasteiger partial charge in [-0.05, 0) is 38.3 Å². The van der Waals surface area contributed by atoms with Gasteiger partial charge in [-0.15, -0.1) is 24.0 Å². The standard InChI is InChI=1S/C20H30N6O.HI/c1-16-24-19(27-25-16)11-6-12-22-20(21-2)23-14-18-10-7-13-26(18)15-17-8-4-3-5-9-17;/h3-5,8-9,18H,6-7,10-15H2,1-2H3,(H2,21,22,23);1H. The topological polar surface area (TPSA) is 78.6 Å². The highest BCUT2D eigenvalue weighted by molar-refractivity contribution is 14.0. The van der Waals surface area contributed by atoms with Crippen molar-refractivity contribution in [1.29, 1.82) is 0 Å². The van der Waals surface area contributed by atoms with Crippen LogP contribution >= 0.6 is 24.0 Å². The predicted molar refractivity (Wildman–Crippen MR) is 122 cm³/mol. The largest absolute Gasteiger partial charge is 0.356 e. The lowest BCUT2D eigenvalue weighted by atomic mass is 10.2. The zero-order valence-corrected chi connectivity index (χ0v) is 19.1. The summed E-state index contributed by atoms with van der Waals surface area (Å²) in [6.45, 7) is 5.75. The minimum atomic E-state index is 0. The molecule has 28 heavy (non-hydrogen) atoms. The van der Waals surface area contributed by atoms with E-state index in [0.29, 0.717) is 17.8 Å². The smallest absolute Gasteiger partial charge is 0.226 e. The van der Waals surface area contributed by atoms with E-state index < -0.39 is 0 Å². The molecular formula is C20H31IN6O. The van der Waals surface area contributed by atoms with Crippen LogP contribution in [0.25, 0.3) is 0 Å². The van der Waals surface area contributed by atoms with E-state index in [2.05, 4.69) is 61.0 Å². The zero-order chi connectivity index (χ0) is 18.9. The first-order valence-corrected chi connectivity index (χ1v) is 9.76. The van der Waals surface area contributed by atoms with Gasteiger partial charge < -0.3 is 15.2 Å². The number of benzene rings is 1. The lowest BCUT2D eigenvalue weighted by Crippen LogP contribution is -2.45. The van der Waals surface area contributed by atoms with Gasteiger partial charge in [0.1, 0.15) is 0 Å². The molecule has 0 bridgehead atoms. The number of hydrogen-bond acceptors (Lipinski definition) is 5. The highest BCUT2D eigenvalue weighted by Gasteiger charge is 2.24. The molecule has 1 unspecified atom stereocenters. The number of hydrogen-bond donors (Lipinski definition) is 2. The van der Waals surface area contributed by atoms with E-state index in [1.807, 2.05) is 14.0 Å². The molecule has 1 fully saturated rings. The lowest BCUT2D eigenvalue weighted by Gasteiger charge is -2.25. The highest BCUT2D eigenvalue weighted by Crippen LogP contribution is 2.19. The van der Waals surface area contributed by atoms with Crippen molar-refractivity contribution in [1.82, 2.24) is 25.7 Å². The van der Waals surface area contributed by atoms with Crippen molar-refractivity contribution >= 4 is 29.9 Å². The number of aromatic nitrogens is 2. The van der Waals surface area contributed by atoms with Gasteiger partial charge in [-0.3, -0.25) is 9.89 Å². The second kappa shape index (κ2) is 12.0. The molecule has 8 heteroatoms. The Morgan fingerprint density at radius 2 is 2.11 bits per heavy atom. The van der Waals surface area contributed by atoms with Gasteiger partial charge in [-0.2, -0.15) is 4.98 Å². The van der Waals surface area contributed by atoms with Crippen LogP contribution in [0.15, 0.2) is 39.8 Å². The average Bonchev–Trinajstić information content (AvgIpc) is 3.31. The van der Waals surface area contributed by atoms with Crippen molar-refractivity contribution in [2.24, 2.45) is 4.99 Å². The molecule has 0 saturated carbocycles. The molecule has 1 aliphatic heterocycles. The fraction of sp³-hybridized carbons (Fsp3) is 0.550. The van der Waals surface area contributed by atoms with E-state index in [-0.39, 0.29) is 24.0 Å². The quantitative estimate of drug-likeness (QED) is 0.252. The van der Waals surface area contributed by atoms with Crippen LogP contribution in [0, 0.1) is 6.92 Å². The Kier molecular flexibility index (Phi) is 9.69. The molecule has 0 spiro atoms. The van der Waals surface area contributed by atoms with Gasteiger partial charge in [0.15, 0.2) is 11.8 Å². The van der Waals surface area contributed by atoms with Gasteiger partial charge in [-0.25, -0.2) is 0 Å². The van der Waals surface area contributed by atoms with Crippen molar-refractivity contribution in [3.05, 3.63) is 47.6 Å². The van der Waals surface area contributed by atoms with E-state index in [9.17, 15) is 0 Å². The summed E-state index contributed by atoms with van der Waals surface area (Å²) in [5, 5.41) is 10.7. The monoisotopic (exact) mass is 498 g/mol. The average molecular weight is 498 g/mol. The third kappa shape index (κ3) is 7.05. The van der Waals surface area contributed by atoms with E-state index in [4.69, 9.17) is 4.52 Å². The number of halogens is 1. The van der Waals surface area contributed by atoms with E-state index in [0.717, 1.165) is 45.0 Å². The maximum atomic E-state index is 5.13. The van der Waals surface area contributed by atoms with E-state index in [1.165, 1.54) is 18.4 Å². The third-order valence-electron chi connectivity index (χ3n) is 4.89. The van der Waals surface area contributed by atoms with Gasteiger partial charge in [-0.1, -0.05) is 35.5 Å². The number of aryl methyl sites for hydroxylation is 2. The second-order valence-electron chi connectivity index (χ2n) is 6.97. The first kappa shape index (κ1) is 22.6. The second-order valence-corrected chi connectivity index (χ2v) is 6.97. The Morgan fingerprint density at radius 1 is 1.29 bits per heavy atom. The molecule has 1 aromatic carbocycles. The number of nitrogens with one attached hydrogen (secondary N) is 2. The molecular weight excluding hydrogens is 467 g/mol. The first-order valence-electron chi connectivity index (χ1n) is 9.76. The van der Waals surface area contributed by atoms with Crippen molar-refractivity contribution in [2.75, 3.05) is 26.7 Å². The van der Waals surface area contributed by atoms with Gasteiger partial charge in [0.25, 0.3) is 0 Å². The van der Waals surface area contributed by atoms with Crippen LogP contribution in [0.4, 0.5) is 0 Å². The van der Waals surface area contributed by atoms with Crippen LogP contribution in [-0.4, -0.2) is 53.7 Å². The third-order valence-corrected chi connectivity index (χ3v) is 4.89. The van der Waals surface area contributed by atoms with Crippen LogP contribution < -0.4 is 10.6 Å². The number of aliphatic imine (C=N–C) groups is 1. The molecule has 0 amide bonds. The number of nitrogens with zero attached hydrogens (tertiary/aromatic N) is 4. The van der Waals surface area contributed by atoms with Crippen molar-refractivity contribution in [2.45, 2.75) is 45.2 Å². The Labute approximate surface area is 184 Å². The minimum absolute atomic E-state index is 0.